The lowest BCUT2D eigenvalue weighted by Gasteiger charge is -2.41. The van der Waals surface area contributed by atoms with Crippen LogP contribution in [0.2, 0.25) is 0 Å². The largest absolute Gasteiger partial charge is 0.341 e. The Kier molecular flexibility index (Phi) is 4.32. The molecule has 0 bridgehead atoms. The van der Waals surface area contributed by atoms with E-state index in [-0.39, 0.29) is 5.41 Å². The molecule has 2 unspecified atom stereocenters. The number of carbonyl (C=O) groups excluding carboxylic acids is 1. The van der Waals surface area contributed by atoms with Crippen LogP contribution in [0.1, 0.15) is 45.4 Å². The Bertz CT molecular complexity index is 346. The molecule has 3 heterocycles. The van der Waals surface area contributed by atoms with E-state index >= 15 is 0 Å². The summed E-state index contributed by atoms with van der Waals surface area (Å²) >= 11 is 0. The van der Waals surface area contributed by atoms with Gasteiger partial charge in [-0.3, -0.25) is 9.69 Å². The van der Waals surface area contributed by atoms with Gasteiger partial charge in [0.2, 0.25) is 5.91 Å². The topological polar surface area (TPSA) is 35.6 Å². The van der Waals surface area contributed by atoms with Crippen LogP contribution in [-0.4, -0.2) is 61.0 Å². The number of rotatable bonds is 3. The first kappa shape index (κ1) is 14.3. The highest BCUT2D eigenvalue weighted by Crippen LogP contribution is 2.33. The third kappa shape index (κ3) is 2.60. The quantitative estimate of drug-likeness (QED) is 0.849. The lowest BCUT2D eigenvalue weighted by atomic mass is 9.82. The molecule has 20 heavy (non-hydrogen) atoms. The summed E-state index contributed by atoms with van der Waals surface area (Å²) in [6, 6.07) is 0.624. The summed E-state index contributed by atoms with van der Waals surface area (Å²) in [4.78, 5) is 17.8. The number of nitrogens with one attached hydrogen (secondary N) is 1. The minimum atomic E-state index is -0.104. The number of carbonyl (C=O) groups is 1. The molecular weight excluding hydrogens is 250 g/mol. The maximum absolute atomic E-state index is 13.0. The van der Waals surface area contributed by atoms with Crippen LogP contribution in [0, 0.1) is 5.41 Å². The zero-order chi connectivity index (χ0) is 14.0. The number of piperidine rings is 1. The van der Waals surface area contributed by atoms with Crippen molar-refractivity contribution in [1.82, 2.24) is 15.1 Å². The van der Waals surface area contributed by atoms with E-state index in [2.05, 4.69) is 22.0 Å². The second-order valence-electron chi connectivity index (χ2n) is 6.85. The normalized spacial score (nSPS) is 35.6. The number of likely N-dealkylation sites (tertiary alicyclic amines) is 2. The Balaban J connectivity index is 1.65. The standard InChI is InChI=1S/C16H29N3O/c1-2-16(7-8-17-13-16)15(20)19-11-5-6-14(12-19)18-9-3-4-10-18/h14,17H,2-13H2,1H3. The Hall–Kier alpha value is -0.610. The molecule has 114 valence electrons. The summed E-state index contributed by atoms with van der Waals surface area (Å²) in [7, 11) is 0. The third-order valence-electron chi connectivity index (χ3n) is 5.71. The van der Waals surface area contributed by atoms with E-state index in [0.29, 0.717) is 11.9 Å². The minimum absolute atomic E-state index is 0.104. The van der Waals surface area contributed by atoms with E-state index in [0.717, 1.165) is 39.0 Å². The second kappa shape index (κ2) is 6.02. The second-order valence-corrected chi connectivity index (χ2v) is 6.85. The van der Waals surface area contributed by atoms with Crippen molar-refractivity contribution < 1.29 is 4.79 Å². The van der Waals surface area contributed by atoms with Crippen LogP contribution >= 0.6 is 0 Å². The van der Waals surface area contributed by atoms with Crippen LogP contribution in [0.25, 0.3) is 0 Å². The Morgan fingerprint density at radius 3 is 2.70 bits per heavy atom. The van der Waals surface area contributed by atoms with Gasteiger partial charge < -0.3 is 10.2 Å². The van der Waals surface area contributed by atoms with Crippen LogP contribution in [0.15, 0.2) is 0 Å². The van der Waals surface area contributed by atoms with E-state index < -0.39 is 0 Å². The monoisotopic (exact) mass is 279 g/mol. The van der Waals surface area contributed by atoms with E-state index in [1.54, 1.807) is 0 Å². The van der Waals surface area contributed by atoms with Crippen molar-refractivity contribution in [2.75, 3.05) is 39.3 Å². The van der Waals surface area contributed by atoms with Crippen molar-refractivity contribution in [2.45, 2.75) is 51.5 Å². The molecule has 0 aromatic carbocycles. The highest BCUT2D eigenvalue weighted by Gasteiger charge is 2.43. The van der Waals surface area contributed by atoms with Crippen molar-refractivity contribution in [3.63, 3.8) is 0 Å². The van der Waals surface area contributed by atoms with Crippen molar-refractivity contribution in [3.05, 3.63) is 0 Å². The first-order valence-electron chi connectivity index (χ1n) is 8.49. The van der Waals surface area contributed by atoms with Gasteiger partial charge in [0.05, 0.1) is 5.41 Å². The molecule has 3 aliphatic heterocycles. The summed E-state index contributed by atoms with van der Waals surface area (Å²) in [5, 5.41) is 3.39. The molecule has 0 aromatic heterocycles. The molecule has 4 nitrogen and oxygen atoms in total. The predicted octanol–water partition coefficient (Wildman–Crippen LogP) is 1.46. The molecule has 1 amide bonds. The first-order chi connectivity index (χ1) is 9.75. The van der Waals surface area contributed by atoms with Crippen LogP contribution in [0.5, 0.6) is 0 Å². The molecule has 3 rings (SSSR count). The van der Waals surface area contributed by atoms with Crippen LogP contribution in [0.4, 0.5) is 0 Å². The van der Waals surface area contributed by atoms with E-state index in [4.69, 9.17) is 0 Å². The third-order valence-corrected chi connectivity index (χ3v) is 5.71. The highest BCUT2D eigenvalue weighted by atomic mass is 16.2. The predicted molar refractivity (Wildman–Crippen MR) is 80.6 cm³/mol. The van der Waals surface area contributed by atoms with Crippen molar-refractivity contribution in [1.29, 1.82) is 0 Å². The van der Waals surface area contributed by atoms with Gasteiger partial charge in [-0.1, -0.05) is 6.92 Å². The maximum Gasteiger partial charge on any atom is 0.230 e. The Morgan fingerprint density at radius 1 is 1.25 bits per heavy atom. The van der Waals surface area contributed by atoms with E-state index in [1.807, 2.05) is 0 Å². The molecule has 3 fully saturated rings. The summed E-state index contributed by atoms with van der Waals surface area (Å²) < 4.78 is 0. The lowest BCUT2D eigenvalue weighted by molar-refractivity contribution is -0.143. The molecule has 4 heteroatoms. The Labute approximate surface area is 122 Å². The van der Waals surface area contributed by atoms with Gasteiger partial charge >= 0.3 is 0 Å². The van der Waals surface area contributed by atoms with Gasteiger partial charge in [0.15, 0.2) is 0 Å². The molecule has 0 saturated carbocycles. The van der Waals surface area contributed by atoms with Crippen LogP contribution < -0.4 is 5.32 Å². The lowest BCUT2D eigenvalue weighted by Crippen LogP contribution is -2.53. The van der Waals surface area contributed by atoms with Gasteiger partial charge in [-0.2, -0.15) is 0 Å². The number of amides is 1. The van der Waals surface area contributed by atoms with Gasteiger partial charge in [-0.05, 0) is 58.2 Å². The molecule has 1 N–H and O–H groups in total. The van der Waals surface area contributed by atoms with Crippen LogP contribution in [-0.2, 0) is 4.79 Å². The Morgan fingerprint density at radius 2 is 2.05 bits per heavy atom. The summed E-state index contributed by atoms with van der Waals surface area (Å²) in [5.74, 6) is 0.425. The fraction of sp³-hybridized carbons (Fsp3) is 0.938. The van der Waals surface area contributed by atoms with Gasteiger partial charge in [-0.25, -0.2) is 0 Å². The molecule has 0 spiro atoms. The molecule has 0 aliphatic carbocycles. The fourth-order valence-corrected chi connectivity index (χ4v) is 4.26. The van der Waals surface area contributed by atoms with E-state index in [1.165, 1.54) is 38.8 Å². The molecule has 0 aromatic rings. The SMILES string of the molecule is CCC1(C(=O)N2CCCC(N3CCCC3)C2)CCNC1. The smallest absolute Gasteiger partial charge is 0.230 e. The molecule has 3 saturated heterocycles. The number of nitrogens with zero attached hydrogens (tertiary/aromatic N) is 2. The highest BCUT2D eigenvalue weighted by molar-refractivity contribution is 5.83. The summed E-state index contributed by atoms with van der Waals surface area (Å²) in [6.45, 7) is 8.49. The average molecular weight is 279 g/mol. The molecule has 0 radical (unpaired) electrons. The molecule has 3 aliphatic rings. The zero-order valence-corrected chi connectivity index (χ0v) is 12.9. The molecular formula is C16H29N3O. The number of hydrogen-bond acceptors (Lipinski definition) is 3. The van der Waals surface area contributed by atoms with E-state index in [9.17, 15) is 4.79 Å². The van der Waals surface area contributed by atoms with Crippen molar-refractivity contribution >= 4 is 5.91 Å². The molecule has 2 atom stereocenters. The van der Waals surface area contributed by atoms with Gasteiger partial charge in [-0.15, -0.1) is 0 Å². The summed E-state index contributed by atoms with van der Waals surface area (Å²) in [5.41, 5.74) is -0.104. The van der Waals surface area contributed by atoms with Crippen molar-refractivity contribution in [2.24, 2.45) is 5.41 Å². The van der Waals surface area contributed by atoms with Crippen molar-refractivity contribution in [3.8, 4) is 0 Å². The van der Waals surface area contributed by atoms with Crippen LogP contribution in [0.3, 0.4) is 0 Å². The first-order valence-corrected chi connectivity index (χ1v) is 8.49. The zero-order valence-electron chi connectivity index (χ0n) is 12.9. The summed E-state index contributed by atoms with van der Waals surface area (Å²) in [6.07, 6.45) is 7.14. The van der Waals surface area contributed by atoms with Gasteiger partial charge in [0.1, 0.15) is 0 Å². The average Bonchev–Trinajstić information content (AvgIpc) is 3.18. The minimum Gasteiger partial charge on any atom is -0.341 e. The maximum atomic E-state index is 13.0. The van der Waals surface area contributed by atoms with Gasteiger partial charge in [0, 0.05) is 25.7 Å². The van der Waals surface area contributed by atoms with Gasteiger partial charge in [0.25, 0.3) is 0 Å². The fourth-order valence-electron chi connectivity index (χ4n) is 4.26. The number of hydrogen-bond donors (Lipinski definition) is 1.